The molecule has 1 aliphatic rings. The van der Waals surface area contributed by atoms with Crippen molar-refractivity contribution in [3.8, 4) is 0 Å². The molecule has 1 aromatic rings. The van der Waals surface area contributed by atoms with E-state index in [-0.39, 0.29) is 0 Å². The maximum absolute atomic E-state index is 10.7. The van der Waals surface area contributed by atoms with Crippen molar-refractivity contribution in [1.82, 2.24) is 9.97 Å². The molecule has 2 rings (SSSR count). The van der Waals surface area contributed by atoms with Crippen molar-refractivity contribution in [2.24, 2.45) is 0 Å². The first-order valence-corrected chi connectivity index (χ1v) is 5.09. The fourth-order valence-electron chi connectivity index (χ4n) is 1.85. The highest BCUT2D eigenvalue weighted by Crippen LogP contribution is 2.33. The molecular weight excluding hydrogens is 192 g/mol. The number of rotatable bonds is 2. The summed E-state index contributed by atoms with van der Waals surface area (Å²) in [6, 6.07) is 1.68. The number of aromatic nitrogens is 2. The predicted molar refractivity (Wildman–Crippen MR) is 54.7 cm³/mol. The third-order valence-electron chi connectivity index (χ3n) is 2.69. The molecule has 1 atom stereocenters. The standard InChI is InChI=1S/C11H14N2O2/c1-8-6-9(7-14)13-10(12-8)11(2)4-3-5-15-11/h6-7H,3-5H2,1-2H3. The first-order chi connectivity index (χ1) is 7.14. The van der Waals surface area contributed by atoms with Crippen LogP contribution in [0.3, 0.4) is 0 Å². The lowest BCUT2D eigenvalue weighted by molar-refractivity contribution is 0.00910. The van der Waals surface area contributed by atoms with E-state index in [0.29, 0.717) is 11.5 Å². The minimum Gasteiger partial charge on any atom is -0.367 e. The first kappa shape index (κ1) is 10.2. The van der Waals surface area contributed by atoms with Crippen molar-refractivity contribution in [2.45, 2.75) is 32.3 Å². The predicted octanol–water partition coefficient (Wildman–Crippen LogP) is 1.62. The van der Waals surface area contributed by atoms with Crippen molar-refractivity contribution >= 4 is 6.29 Å². The molecule has 15 heavy (non-hydrogen) atoms. The zero-order valence-electron chi connectivity index (χ0n) is 8.99. The van der Waals surface area contributed by atoms with Crippen molar-refractivity contribution in [1.29, 1.82) is 0 Å². The minimum atomic E-state index is -0.413. The van der Waals surface area contributed by atoms with E-state index in [4.69, 9.17) is 4.74 Å². The van der Waals surface area contributed by atoms with Gasteiger partial charge in [0.2, 0.25) is 0 Å². The van der Waals surface area contributed by atoms with Gasteiger partial charge in [-0.05, 0) is 32.8 Å². The average molecular weight is 206 g/mol. The number of nitrogens with zero attached hydrogens (tertiary/aromatic N) is 2. The summed E-state index contributed by atoms with van der Waals surface area (Å²) in [5, 5.41) is 0. The van der Waals surface area contributed by atoms with Crippen LogP contribution in [0.15, 0.2) is 6.07 Å². The molecule has 0 amide bonds. The van der Waals surface area contributed by atoms with E-state index in [0.717, 1.165) is 31.4 Å². The van der Waals surface area contributed by atoms with E-state index in [2.05, 4.69) is 9.97 Å². The molecule has 0 aromatic carbocycles. The van der Waals surface area contributed by atoms with Crippen molar-refractivity contribution in [3.63, 3.8) is 0 Å². The van der Waals surface area contributed by atoms with E-state index >= 15 is 0 Å². The third-order valence-corrected chi connectivity index (χ3v) is 2.69. The molecule has 0 spiro atoms. The summed E-state index contributed by atoms with van der Waals surface area (Å²) in [6.45, 7) is 4.57. The molecule has 1 aliphatic heterocycles. The largest absolute Gasteiger partial charge is 0.367 e. The third kappa shape index (κ3) is 1.90. The van der Waals surface area contributed by atoms with E-state index in [1.807, 2.05) is 13.8 Å². The van der Waals surface area contributed by atoms with Gasteiger partial charge in [-0.15, -0.1) is 0 Å². The average Bonchev–Trinajstić information content (AvgIpc) is 2.65. The Hall–Kier alpha value is -1.29. The maximum Gasteiger partial charge on any atom is 0.168 e. The second-order valence-corrected chi connectivity index (χ2v) is 4.06. The summed E-state index contributed by atoms with van der Waals surface area (Å²) in [5.74, 6) is 0.627. The lowest BCUT2D eigenvalue weighted by Gasteiger charge is -2.21. The van der Waals surface area contributed by atoms with Crippen LogP contribution in [0.2, 0.25) is 0 Å². The van der Waals surface area contributed by atoms with Crippen LogP contribution < -0.4 is 0 Å². The Morgan fingerprint density at radius 1 is 1.53 bits per heavy atom. The van der Waals surface area contributed by atoms with E-state index in [1.165, 1.54) is 0 Å². The maximum atomic E-state index is 10.7. The fraction of sp³-hybridized carbons (Fsp3) is 0.545. The molecule has 1 aromatic heterocycles. The normalized spacial score (nSPS) is 25.5. The van der Waals surface area contributed by atoms with Gasteiger partial charge in [-0.2, -0.15) is 0 Å². The van der Waals surface area contributed by atoms with Gasteiger partial charge >= 0.3 is 0 Å². The summed E-state index contributed by atoms with van der Waals surface area (Å²) in [6.07, 6.45) is 2.68. The summed E-state index contributed by atoms with van der Waals surface area (Å²) in [5.41, 5.74) is 0.817. The number of carbonyl (C=O) groups is 1. The summed E-state index contributed by atoms with van der Waals surface area (Å²) < 4.78 is 5.64. The van der Waals surface area contributed by atoms with Gasteiger partial charge in [0.25, 0.3) is 0 Å². The summed E-state index contributed by atoms with van der Waals surface area (Å²) >= 11 is 0. The topological polar surface area (TPSA) is 52.1 Å². The second kappa shape index (κ2) is 3.70. The quantitative estimate of drug-likeness (QED) is 0.690. The van der Waals surface area contributed by atoms with Crippen molar-refractivity contribution < 1.29 is 9.53 Å². The highest BCUT2D eigenvalue weighted by Gasteiger charge is 2.35. The van der Waals surface area contributed by atoms with Crippen LogP contribution in [-0.4, -0.2) is 22.9 Å². The van der Waals surface area contributed by atoms with Crippen LogP contribution in [0.25, 0.3) is 0 Å². The number of aryl methyl sites for hydroxylation is 1. The highest BCUT2D eigenvalue weighted by molar-refractivity contribution is 5.71. The van der Waals surface area contributed by atoms with Gasteiger partial charge in [-0.1, -0.05) is 0 Å². The smallest absolute Gasteiger partial charge is 0.168 e. The Labute approximate surface area is 88.7 Å². The Kier molecular flexibility index (Phi) is 2.52. The number of ether oxygens (including phenoxy) is 1. The molecule has 80 valence electrons. The van der Waals surface area contributed by atoms with Gasteiger partial charge in [0.1, 0.15) is 11.3 Å². The molecule has 0 saturated carbocycles. The molecule has 0 aliphatic carbocycles. The van der Waals surface area contributed by atoms with Crippen LogP contribution in [0, 0.1) is 6.92 Å². The monoisotopic (exact) mass is 206 g/mol. The highest BCUT2D eigenvalue weighted by atomic mass is 16.5. The molecule has 0 bridgehead atoms. The summed E-state index contributed by atoms with van der Waals surface area (Å²) in [4.78, 5) is 19.2. The van der Waals surface area contributed by atoms with E-state index in [9.17, 15) is 4.79 Å². The molecule has 2 heterocycles. The molecule has 4 heteroatoms. The Bertz CT molecular complexity index is 384. The Morgan fingerprint density at radius 2 is 2.33 bits per heavy atom. The van der Waals surface area contributed by atoms with Gasteiger partial charge in [-0.3, -0.25) is 4.79 Å². The van der Waals surface area contributed by atoms with Crippen LogP contribution in [0.1, 0.15) is 41.8 Å². The van der Waals surface area contributed by atoms with Crippen LogP contribution in [0.5, 0.6) is 0 Å². The van der Waals surface area contributed by atoms with Crippen molar-refractivity contribution in [2.75, 3.05) is 6.61 Å². The Balaban J connectivity index is 2.42. The lowest BCUT2D eigenvalue weighted by atomic mass is 10.0. The second-order valence-electron chi connectivity index (χ2n) is 4.06. The number of aldehydes is 1. The molecule has 4 nitrogen and oxygen atoms in total. The van der Waals surface area contributed by atoms with Gasteiger partial charge in [0, 0.05) is 12.3 Å². The van der Waals surface area contributed by atoms with E-state index in [1.54, 1.807) is 6.07 Å². The first-order valence-electron chi connectivity index (χ1n) is 5.09. The van der Waals surface area contributed by atoms with Crippen LogP contribution in [0.4, 0.5) is 0 Å². The number of carbonyl (C=O) groups excluding carboxylic acids is 1. The summed E-state index contributed by atoms with van der Waals surface area (Å²) in [7, 11) is 0. The molecular formula is C11H14N2O2. The van der Waals surface area contributed by atoms with Gasteiger partial charge in [0.05, 0.1) is 0 Å². The molecule has 1 fully saturated rings. The zero-order valence-corrected chi connectivity index (χ0v) is 8.99. The van der Waals surface area contributed by atoms with Crippen LogP contribution in [-0.2, 0) is 10.3 Å². The number of hydrogen-bond acceptors (Lipinski definition) is 4. The van der Waals surface area contributed by atoms with Gasteiger partial charge < -0.3 is 4.74 Å². The van der Waals surface area contributed by atoms with Crippen LogP contribution >= 0.6 is 0 Å². The van der Waals surface area contributed by atoms with Gasteiger partial charge in [-0.25, -0.2) is 9.97 Å². The zero-order chi connectivity index (χ0) is 10.9. The lowest BCUT2D eigenvalue weighted by Crippen LogP contribution is -2.24. The van der Waals surface area contributed by atoms with Gasteiger partial charge in [0.15, 0.2) is 12.1 Å². The SMILES string of the molecule is Cc1cc(C=O)nc(C2(C)CCCO2)n1. The fourth-order valence-corrected chi connectivity index (χ4v) is 1.85. The molecule has 1 saturated heterocycles. The Morgan fingerprint density at radius 3 is 2.93 bits per heavy atom. The molecule has 1 unspecified atom stereocenters. The van der Waals surface area contributed by atoms with Crippen molar-refractivity contribution in [3.05, 3.63) is 23.3 Å². The molecule has 0 radical (unpaired) electrons. The molecule has 0 N–H and O–H groups in total. The number of hydrogen-bond donors (Lipinski definition) is 0. The van der Waals surface area contributed by atoms with E-state index < -0.39 is 5.60 Å². The minimum absolute atomic E-state index is 0.413.